The number of sulfonamides is 1. The Morgan fingerprint density at radius 3 is 2.71 bits per heavy atom. The number of halogens is 2. The second-order valence-electron chi connectivity index (χ2n) is 3.68. The zero-order valence-electron chi connectivity index (χ0n) is 7.89. The zero-order chi connectivity index (χ0) is 10.8. The maximum absolute atomic E-state index is 12.8. The highest BCUT2D eigenvalue weighted by molar-refractivity contribution is 7.88. The molecular formula is C7H14F2N2O2S. The zero-order valence-corrected chi connectivity index (χ0v) is 8.70. The van der Waals surface area contributed by atoms with Crippen molar-refractivity contribution in [3.8, 4) is 0 Å². The minimum Gasteiger partial charge on any atom is -0.311 e. The quantitative estimate of drug-likeness (QED) is 0.702. The molecule has 0 aromatic carbocycles. The van der Waals surface area contributed by atoms with Gasteiger partial charge in [-0.3, -0.25) is 0 Å². The number of alkyl halides is 2. The van der Waals surface area contributed by atoms with Crippen LogP contribution in [0.3, 0.4) is 0 Å². The molecule has 0 spiro atoms. The topological polar surface area (TPSA) is 58.2 Å². The van der Waals surface area contributed by atoms with E-state index in [1.165, 1.54) is 0 Å². The summed E-state index contributed by atoms with van der Waals surface area (Å²) < 4.78 is 49.3. The lowest BCUT2D eigenvalue weighted by Gasteiger charge is -2.29. The molecule has 1 atom stereocenters. The highest BCUT2D eigenvalue weighted by Crippen LogP contribution is 2.25. The summed E-state index contributed by atoms with van der Waals surface area (Å²) in [5, 5.41) is 2.58. The molecule has 1 rings (SSSR count). The van der Waals surface area contributed by atoms with Crippen LogP contribution >= 0.6 is 0 Å². The van der Waals surface area contributed by atoms with Gasteiger partial charge < -0.3 is 5.32 Å². The molecule has 0 aliphatic carbocycles. The molecule has 1 saturated heterocycles. The fourth-order valence-electron chi connectivity index (χ4n) is 1.44. The molecule has 1 unspecified atom stereocenters. The SMILES string of the molecule is CS(=O)(=O)NCC1CNCC(F)(F)C1. The molecule has 1 fully saturated rings. The van der Waals surface area contributed by atoms with Crippen LogP contribution in [0.1, 0.15) is 6.42 Å². The third kappa shape index (κ3) is 4.30. The highest BCUT2D eigenvalue weighted by Gasteiger charge is 2.36. The predicted molar refractivity (Wildman–Crippen MR) is 48.8 cm³/mol. The lowest BCUT2D eigenvalue weighted by Crippen LogP contribution is -2.47. The molecule has 84 valence electrons. The third-order valence-electron chi connectivity index (χ3n) is 2.04. The lowest BCUT2D eigenvalue weighted by atomic mass is 9.97. The van der Waals surface area contributed by atoms with Gasteiger partial charge in [0.15, 0.2) is 0 Å². The molecule has 0 aromatic heterocycles. The van der Waals surface area contributed by atoms with E-state index in [1.807, 2.05) is 0 Å². The van der Waals surface area contributed by atoms with E-state index in [4.69, 9.17) is 0 Å². The van der Waals surface area contributed by atoms with Crippen molar-refractivity contribution in [1.29, 1.82) is 0 Å². The van der Waals surface area contributed by atoms with Gasteiger partial charge in [-0.2, -0.15) is 0 Å². The van der Waals surface area contributed by atoms with Gasteiger partial charge in [0.05, 0.1) is 12.8 Å². The molecule has 1 aliphatic heterocycles. The van der Waals surface area contributed by atoms with Gasteiger partial charge in [0.25, 0.3) is 5.92 Å². The van der Waals surface area contributed by atoms with Crippen LogP contribution in [0.2, 0.25) is 0 Å². The highest BCUT2D eigenvalue weighted by atomic mass is 32.2. The monoisotopic (exact) mass is 228 g/mol. The van der Waals surface area contributed by atoms with Gasteiger partial charge in [-0.15, -0.1) is 0 Å². The first kappa shape index (κ1) is 11.8. The van der Waals surface area contributed by atoms with Gasteiger partial charge in [0.2, 0.25) is 10.0 Å². The number of piperidine rings is 1. The maximum Gasteiger partial charge on any atom is 0.260 e. The first-order valence-electron chi connectivity index (χ1n) is 4.32. The third-order valence-corrected chi connectivity index (χ3v) is 2.73. The molecule has 1 aliphatic rings. The van der Waals surface area contributed by atoms with Gasteiger partial charge >= 0.3 is 0 Å². The van der Waals surface area contributed by atoms with Crippen molar-refractivity contribution in [1.82, 2.24) is 10.0 Å². The van der Waals surface area contributed by atoms with Crippen LogP contribution in [0.5, 0.6) is 0 Å². The van der Waals surface area contributed by atoms with E-state index in [0.717, 1.165) is 6.26 Å². The average Bonchev–Trinajstić information content (AvgIpc) is 1.98. The summed E-state index contributed by atoms with van der Waals surface area (Å²) in [5.74, 6) is -3.06. The molecule has 2 N–H and O–H groups in total. The van der Waals surface area contributed by atoms with E-state index in [9.17, 15) is 17.2 Å². The summed E-state index contributed by atoms with van der Waals surface area (Å²) in [7, 11) is -3.28. The summed E-state index contributed by atoms with van der Waals surface area (Å²) in [5.41, 5.74) is 0. The average molecular weight is 228 g/mol. The molecule has 0 bridgehead atoms. The molecule has 0 saturated carbocycles. The van der Waals surface area contributed by atoms with Crippen LogP contribution in [-0.2, 0) is 10.0 Å². The van der Waals surface area contributed by atoms with Crippen molar-refractivity contribution < 1.29 is 17.2 Å². The van der Waals surface area contributed by atoms with Crippen molar-refractivity contribution >= 4 is 10.0 Å². The van der Waals surface area contributed by atoms with Crippen molar-refractivity contribution in [2.45, 2.75) is 12.3 Å². The largest absolute Gasteiger partial charge is 0.311 e. The number of rotatable bonds is 3. The van der Waals surface area contributed by atoms with Crippen LogP contribution < -0.4 is 10.0 Å². The number of hydrogen-bond donors (Lipinski definition) is 2. The lowest BCUT2D eigenvalue weighted by molar-refractivity contribution is -0.0381. The smallest absolute Gasteiger partial charge is 0.260 e. The number of nitrogens with one attached hydrogen (secondary N) is 2. The maximum atomic E-state index is 12.8. The van der Waals surface area contributed by atoms with Gasteiger partial charge in [0, 0.05) is 13.0 Å². The normalized spacial score (nSPS) is 27.5. The van der Waals surface area contributed by atoms with Crippen LogP contribution in [0.15, 0.2) is 0 Å². The fraction of sp³-hybridized carbons (Fsp3) is 1.00. The summed E-state index contributed by atoms with van der Waals surface area (Å²) in [6, 6.07) is 0. The van der Waals surface area contributed by atoms with E-state index in [0.29, 0.717) is 6.54 Å². The van der Waals surface area contributed by atoms with Crippen molar-refractivity contribution in [2.24, 2.45) is 5.92 Å². The van der Waals surface area contributed by atoms with E-state index in [-0.39, 0.29) is 25.4 Å². The second kappa shape index (κ2) is 4.08. The standard InChI is InChI=1S/C7H14F2N2O2S/c1-14(12,13)11-4-6-2-7(8,9)5-10-3-6/h6,10-11H,2-5H2,1H3. The Bertz CT molecular complexity index is 292. The Hall–Kier alpha value is -0.270. The first-order valence-corrected chi connectivity index (χ1v) is 6.21. The number of hydrogen-bond acceptors (Lipinski definition) is 3. The van der Waals surface area contributed by atoms with Gasteiger partial charge in [-0.25, -0.2) is 21.9 Å². The second-order valence-corrected chi connectivity index (χ2v) is 5.51. The molecule has 14 heavy (non-hydrogen) atoms. The fourth-order valence-corrected chi connectivity index (χ4v) is 1.98. The Morgan fingerprint density at radius 2 is 2.21 bits per heavy atom. The Balaban J connectivity index is 2.39. The van der Waals surface area contributed by atoms with Crippen molar-refractivity contribution in [3.63, 3.8) is 0 Å². The Kier molecular flexibility index (Phi) is 3.44. The summed E-state index contributed by atoms with van der Waals surface area (Å²) in [6.07, 6.45) is 0.754. The molecular weight excluding hydrogens is 214 g/mol. The van der Waals surface area contributed by atoms with Crippen LogP contribution in [0.4, 0.5) is 8.78 Å². The summed E-state index contributed by atoms with van der Waals surface area (Å²) in [4.78, 5) is 0. The minimum atomic E-state index is -3.28. The van der Waals surface area contributed by atoms with E-state index < -0.39 is 15.9 Å². The van der Waals surface area contributed by atoms with E-state index in [1.54, 1.807) is 0 Å². The van der Waals surface area contributed by atoms with Crippen LogP contribution in [-0.4, -0.2) is 40.2 Å². The van der Waals surface area contributed by atoms with Crippen LogP contribution in [0, 0.1) is 5.92 Å². The van der Waals surface area contributed by atoms with Gasteiger partial charge in [-0.1, -0.05) is 0 Å². The minimum absolute atomic E-state index is 0.0709. The molecule has 0 amide bonds. The van der Waals surface area contributed by atoms with E-state index >= 15 is 0 Å². The van der Waals surface area contributed by atoms with E-state index in [2.05, 4.69) is 10.0 Å². The Morgan fingerprint density at radius 1 is 1.57 bits per heavy atom. The molecule has 4 nitrogen and oxygen atoms in total. The molecule has 7 heteroatoms. The molecule has 0 radical (unpaired) electrons. The summed E-state index contributed by atoms with van der Waals surface area (Å²) >= 11 is 0. The molecule has 0 aromatic rings. The van der Waals surface area contributed by atoms with Gasteiger partial charge in [0.1, 0.15) is 0 Å². The predicted octanol–water partition coefficient (Wildman–Crippen LogP) is -0.220. The summed E-state index contributed by atoms with van der Waals surface area (Å²) in [6.45, 7) is 0.182. The van der Waals surface area contributed by atoms with Crippen molar-refractivity contribution in [3.05, 3.63) is 0 Å². The Labute approximate surface area is 82.1 Å². The first-order chi connectivity index (χ1) is 6.29. The van der Waals surface area contributed by atoms with Crippen LogP contribution in [0.25, 0.3) is 0 Å². The van der Waals surface area contributed by atoms with Gasteiger partial charge in [-0.05, 0) is 12.5 Å². The molecule has 1 heterocycles. The van der Waals surface area contributed by atoms with Crippen molar-refractivity contribution in [2.75, 3.05) is 25.9 Å².